The van der Waals surface area contributed by atoms with Gasteiger partial charge in [-0.25, -0.2) is 4.99 Å². The Hall–Kier alpha value is -3.43. The van der Waals surface area contributed by atoms with Crippen molar-refractivity contribution < 1.29 is 0 Å². The van der Waals surface area contributed by atoms with E-state index in [-0.39, 0.29) is 5.92 Å². The van der Waals surface area contributed by atoms with Crippen LogP contribution < -0.4 is 22.1 Å². The molecule has 1 fully saturated rings. The third-order valence-corrected chi connectivity index (χ3v) is 6.98. The number of amidine groups is 1. The van der Waals surface area contributed by atoms with Gasteiger partial charge in [-0.2, -0.15) is 0 Å². The molecule has 0 radical (unpaired) electrons. The largest absolute Gasteiger partial charge is 0.404 e. The zero-order valence-electron chi connectivity index (χ0n) is 22.8. The number of piperazine rings is 1. The molecule has 3 aliphatic rings. The summed E-state index contributed by atoms with van der Waals surface area (Å²) >= 11 is 0. The smallest absolute Gasteiger partial charge is 0.132 e. The maximum atomic E-state index is 7.55. The van der Waals surface area contributed by atoms with E-state index in [2.05, 4.69) is 51.3 Å². The normalized spacial score (nSPS) is 24.1. The summed E-state index contributed by atoms with van der Waals surface area (Å²) in [6.45, 7) is 12.7. The molecule has 0 aliphatic carbocycles. The summed E-state index contributed by atoms with van der Waals surface area (Å²) in [6.07, 6.45) is 15.2. The van der Waals surface area contributed by atoms with Crippen molar-refractivity contribution in [2.24, 2.45) is 27.4 Å². The average Bonchev–Trinajstić information content (AvgIpc) is 2.87. The van der Waals surface area contributed by atoms with E-state index < -0.39 is 0 Å². The lowest BCUT2D eigenvalue weighted by Gasteiger charge is -2.42. The molecule has 1 saturated heterocycles. The Labute approximate surface area is 221 Å². The number of hydrogen-bond donors (Lipinski definition) is 5. The van der Waals surface area contributed by atoms with Gasteiger partial charge < -0.3 is 32.4 Å². The molecular weight excluding hydrogens is 462 g/mol. The first-order chi connectivity index (χ1) is 17.7. The van der Waals surface area contributed by atoms with Crippen molar-refractivity contribution in [3.05, 3.63) is 70.6 Å². The number of aliphatic imine (C=N–C) groups is 2. The zero-order chi connectivity index (χ0) is 26.9. The van der Waals surface area contributed by atoms with Crippen LogP contribution in [0.15, 0.2) is 80.6 Å². The highest BCUT2D eigenvalue weighted by Gasteiger charge is 2.25. The van der Waals surface area contributed by atoms with E-state index in [1.54, 1.807) is 12.3 Å². The third-order valence-electron chi connectivity index (χ3n) is 6.98. The topological polar surface area (TPSA) is 131 Å². The Kier molecular flexibility index (Phi) is 10.0. The zero-order valence-corrected chi connectivity index (χ0v) is 22.8. The average molecular weight is 506 g/mol. The van der Waals surface area contributed by atoms with Gasteiger partial charge in [-0.05, 0) is 63.1 Å². The number of rotatable bonds is 10. The molecule has 0 aromatic heterocycles. The van der Waals surface area contributed by atoms with E-state index in [4.69, 9.17) is 16.9 Å². The highest BCUT2D eigenvalue weighted by molar-refractivity contribution is 5.97. The van der Waals surface area contributed by atoms with Crippen molar-refractivity contribution in [2.75, 3.05) is 33.2 Å². The lowest BCUT2D eigenvalue weighted by molar-refractivity contribution is 0.0599. The molecule has 0 aromatic rings. The number of dihydropyridines is 2. The minimum absolute atomic E-state index is 0.200. The first kappa shape index (κ1) is 28.1. The monoisotopic (exact) mass is 505 g/mol. The summed E-state index contributed by atoms with van der Waals surface area (Å²) < 4.78 is 0. The van der Waals surface area contributed by atoms with Crippen molar-refractivity contribution in [3.8, 4) is 0 Å². The summed E-state index contributed by atoms with van der Waals surface area (Å²) in [5.41, 5.74) is 16.5. The predicted molar refractivity (Wildman–Crippen MR) is 155 cm³/mol. The number of likely N-dealkylation sites (N-methyl/N-ethyl adjacent to an activating group) is 1. The molecule has 3 heterocycles. The lowest BCUT2D eigenvalue weighted by Crippen LogP contribution is -2.55. The van der Waals surface area contributed by atoms with Crippen LogP contribution in [0, 0.1) is 11.3 Å². The fourth-order valence-corrected chi connectivity index (χ4v) is 4.50. The molecular formula is C28H43N9. The highest BCUT2D eigenvalue weighted by Crippen LogP contribution is 2.22. The Morgan fingerprint density at radius 2 is 1.95 bits per heavy atom. The van der Waals surface area contributed by atoms with E-state index in [0.29, 0.717) is 23.7 Å². The van der Waals surface area contributed by atoms with Crippen LogP contribution in [0.2, 0.25) is 0 Å². The Balaban J connectivity index is 1.56. The van der Waals surface area contributed by atoms with E-state index in [9.17, 15) is 0 Å². The first-order valence-corrected chi connectivity index (χ1v) is 13.0. The molecule has 1 unspecified atom stereocenters. The molecule has 3 aliphatic heterocycles. The summed E-state index contributed by atoms with van der Waals surface area (Å²) in [7, 11) is 2.21. The van der Waals surface area contributed by atoms with Gasteiger partial charge in [-0.15, -0.1) is 0 Å². The van der Waals surface area contributed by atoms with Crippen LogP contribution in [0.1, 0.15) is 34.1 Å². The van der Waals surface area contributed by atoms with Crippen molar-refractivity contribution in [3.63, 3.8) is 0 Å². The van der Waals surface area contributed by atoms with Crippen LogP contribution >= 0.6 is 0 Å². The molecule has 200 valence electrons. The van der Waals surface area contributed by atoms with E-state index in [1.165, 1.54) is 6.21 Å². The molecule has 2 atom stereocenters. The third kappa shape index (κ3) is 7.77. The second-order valence-corrected chi connectivity index (χ2v) is 10.2. The molecule has 0 spiro atoms. The van der Waals surface area contributed by atoms with Gasteiger partial charge in [0, 0.05) is 74.2 Å². The standard InChI is InChI=1S/C28H43N9/c1-19(2)22(13-29)12-27(31)35-28-8-7-25-26(34-28)11-23(16-33-25)24(14-30)15-32-9-6-10-37-17-20(3)36(5)21(4)18-37/h7-8,11-16,19-21,29,33-34H,6,9-10,17-18,30H2,1-5H3,(H2,31,35)/t20-,21?/m1/s1. The van der Waals surface area contributed by atoms with Crippen molar-refractivity contribution in [2.45, 2.75) is 46.2 Å². The van der Waals surface area contributed by atoms with Gasteiger partial charge in [0.15, 0.2) is 0 Å². The van der Waals surface area contributed by atoms with Crippen LogP contribution in [0.5, 0.6) is 0 Å². The van der Waals surface area contributed by atoms with Crippen LogP contribution in [0.25, 0.3) is 0 Å². The maximum Gasteiger partial charge on any atom is 0.132 e. The lowest BCUT2D eigenvalue weighted by atomic mass is 10.0. The Morgan fingerprint density at radius 3 is 2.59 bits per heavy atom. The number of nitrogens with zero attached hydrogens (tertiary/aromatic N) is 4. The maximum absolute atomic E-state index is 7.55. The van der Waals surface area contributed by atoms with Crippen LogP contribution in [-0.2, 0) is 0 Å². The molecule has 0 saturated carbocycles. The molecule has 9 heteroatoms. The molecule has 3 rings (SSSR count). The van der Waals surface area contributed by atoms with Gasteiger partial charge >= 0.3 is 0 Å². The molecule has 0 amide bonds. The molecule has 9 nitrogen and oxygen atoms in total. The molecule has 37 heavy (non-hydrogen) atoms. The fraction of sp³-hybridized carbons (Fsp3) is 0.464. The van der Waals surface area contributed by atoms with Crippen molar-refractivity contribution >= 4 is 18.3 Å². The van der Waals surface area contributed by atoms with Crippen LogP contribution in [0.3, 0.4) is 0 Å². The van der Waals surface area contributed by atoms with Gasteiger partial charge in [-0.1, -0.05) is 13.8 Å². The summed E-state index contributed by atoms with van der Waals surface area (Å²) in [5, 5.41) is 14.2. The van der Waals surface area contributed by atoms with Crippen molar-refractivity contribution in [1.82, 2.24) is 20.4 Å². The second-order valence-electron chi connectivity index (χ2n) is 10.2. The summed E-state index contributed by atoms with van der Waals surface area (Å²) in [5.74, 6) is 1.17. The van der Waals surface area contributed by atoms with Crippen LogP contribution in [-0.4, -0.2) is 73.4 Å². The molecule has 7 N–H and O–H groups in total. The quantitative estimate of drug-likeness (QED) is 0.176. The Bertz CT molecular complexity index is 1070. The van der Waals surface area contributed by atoms with Crippen molar-refractivity contribution in [1.29, 1.82) is 5.41 Å². The van der Waals surface area contributed by atoms with Crippen LogP contribution in [0.4, 0.5) is 0 Å². The number of hydrogen-bond acceptors (Lipinski definition) is 8. The second kappa shape index (κ2) is 13.2. The number of nitrogens with one attached hydrogen (secondary N) is 3. The van der Waals surface area contributed by atoms with Gasteiger partial charge in [0.05, 0.1) is 11.4 Å². The van der Waals surface area contributed by atoms with Gasteiger partial charge in [0.2, 0.25) is 0 Å². The number of nitrogens with two attached hydrogens (primary N) is 2. The minimum atomic E-state index is 0.200. The Morgan fingerprint density at radius 1 is 1.22 bits per heavy atom. The van der Waals surface area contributed by atoms with Gasteiger partial charge in [0.1, 0.15) is 11.7 Å². The molecule has 0 aromatic carbocycles. The SMILES string of the molecule is CC(C)C(C=N)=CC(N)=NC1=CC=C2NC=C(C(C=NCCCN3CC(C)N(C)[C@H](C)C3)=CN)C=C2N1. The fourth-order valence-electron chi connectivity index (χ4n) is 4.50. The minimum Gasteiger partial charge on any atom is -0.404 e. The van der Waals surface area contributed by atoms with E-state index in [1.807, 2.05) is 44.5 Å². The predicted octanol–water partition coefficient (Wildman–Crippen LogP) is 2.60. The number of fused-ring (bicyclic) bond motifs is 1. The summed E-state index contributed by atoms with van der Waals surface area (Å²) in [4.78, 5) is 14.1. The highest BCUT2D eigenvalue weighted by atomic mass is 15.3. The van der Waals surface area contributed by atoms with Gasteiger partial charge in [-0.3, -0.25) is 9.89 Å². The summed E-state index contributed by atoms with van der Waals surface area (Å²) in [6, 6.07) is 1.16. The van der Waals surface area contributed by atoms with E-state index >= 15 is 0 Å². The molecule has 0 bridgehead atoms. The number of allylic oxidation sites excluding steroid dienone is 6. The van der Waals surface area contributed by atoms with E-state index in [0.717, 1.165) is 60.7 Å². The van der Waals surface area contributed by atoms with Gasteiger partial charge in [0.25, 0.3) is 0 Å². The first-order valence-electron chi connectivity index (χ1n) is 13.0.